The lowest BCUT2D eigenvalue weighted by Crippen LogP contribution is -2.37. The molecule has 2 amide bonds. The number of amides is 2. The summed E-state index contributed by atoms with van der Waals surface area (Å²) in [6.45, 7) is 3.05. The highest BCUT2D eigenvalue weighted by atomic mass is 32.2. The van der Waals surface area contributed by atoms with Gasteiger partial charge in [0, 0.05) is 28.5 Å². The average Bonchev–Trinajstić information content (AvgIpc) is 3.14. The summed E-state index contributed by atoms with van der Waals surface area (Å²) in [5.41, 5.74) is 0.503. The maximum absolute atomic E-state index is 12.0. The lowest BCUT2D eigenvalue weighted by molar-refractivity contribution is -0.120. The highest BCUT2D eigenvalue weighted by Gasteiger charge is 2.08. The number of rotatable bonds is 10. The van der Waals surface area contributed by atoms with Gasteiger partial charge in [-0.2, -0.15) is 11.8 Å². The van der Waals surface area contributed by atoms with Gasteiger partial charge in [-0.25, -0.2) is 0 Å². The summed E-state index contributed by atoms with van der Waals surface area (Å²) in [6, 6.07) is 11.0. The van der Waals surface area contributed by atoms with Crippen LogP contribution < -0.4 is 15.4 Å². The topological polar surface area (TPSA) is 67.4 Å². The van der Waals surface area contributed by atoms with Gasteiger partial charge >= 0.3 is 0 Å². The molecule has 0 bridgehead atoms. The van der Waals surface area contributed by atoms with E-state index in [2.05, 4.69) is 22.1 Å². The van der Waals surface area contributed by atoms with E-state index < -0.39 is 0 Å². The first-order chi connectivity index (χ1) is 12.2. The third-order valence-corrected chi connectivity index (χ3v) is 5.30. The Morgan fingerprint density at radius 3 is 2.64 bits per heavy atom. The Hall–Kier alpha value is -1.99. The van der Waals surface area contributed by atoms with Crippen LogP contribution in [0, 0.1) is 0 Å². The molecule has 0 atom stereocenters. The predicted molar refractivity (Wildman–Crippen MR) is 103 cm³/mol. The molecule has 1 aromatic heterocycles. The first-order valence-electron chi connectivity index (χ1n) is 8.07. The third-order valence-electron chi connectivity index (χ3n) is 3.23. The zero-order valence-corrected chi connectivity index (χ0v) is 15.8. The summed E-state index contributed by atoms with van der Waals surface area (Å²) in [7, 11) is 0. The van der Waals surface area contributed by atoms with Crippen molar-refractivity contribution < 1.29 is 14.3 Å². The van der Waals surface area contributed by atoms with Gasteiger partial charge in [-0.3, -0.25) is 9.59 Å². The van der Waals surface area contributed by atoms with Gasteiger partial charge in [-0.1, -0.05) is 6.07 Å². The quantitative estimate of drug-likeness (QED) is 0.624. The van der Waals surface area contributed by atoms with Gasteiger partial charge in [0.25, 0.3) is 5.91 Å². The van der Waals surface area contributed by atoms with Gasteiger partial charge in [0.1, 0.15) is 5.75 Å². The molecule has 1 aromatic carbocycles. The molecule has 0 radical (unpaired) electrons. The van der Waals surface area contributed by atoms with Crippen LogP contribution >= 0.6 is 23.1 Å². The minimum absolute atomic E-state index is 0.0262. The Kier molecular flexibility index (Phi) is 8.34. The molecule has 0 aliphatic carbocycles. The van der Waals surface area contributed by atoms with Crippen molar-refractivity contribution in [1.29, 1.82) is 0 Å². The summed E-state index contributed by atoms with van der Waals surface area (Å²) < 4.78 is 5.33. The van der Waals surface area contributed by atoms with Crippen LogP contribution in [0.4, 0.5) is 0 Å². The molecule has 7 heteroatoms. The minimum atomic E-state index is -0.273. The highest BCUT2D eigenvalue weighted by Crippen LogP contribution is 2.16. The zero-order valence-electron chi connectivity index (χ0n) is 14.1. The molecule has 25 heavy (non-hydrogen) atoms. The number of thiophene rings is 1. The number of hydrogen-bond acceptors (Lipinski definition) is 5. The van der Waals surface area contributed by atoms with Crippen LogP contribution in [0.15, 0.2) is 41.8 Å². The highest BCUT2D eigenvalue weighted by molar-refractivity contribution is 7.98. The van der Waals surface area contributed by atoms with Crippen molar-refractivity contribution in [2.24, 2.45) is 0 Å². The Balaban J connectivity index is 1.59. The van der Waals surface area contributed by atoms with Crippen LogP contribution in [-0.2, 0) is 10.5 Å². The van der Waals surface area contributed by atoms with Gasteiger partial charge in [0.05, 0.1) is 13.2 Å². The normalized spacial score (nSPS) is 10.3. The lowest BCUT2D eigenvalue weighted by atomic mass is 10.2. The standard InChI is InChI=1S/C18H22N2O3S2/c1-2-23-15-7-5-14(6-8-15)18(22)20-12-17(21)19-9-11-24-13-16-4-3-10-25-16/h3-8,10H,2,9,11-13H2,1H3,(H,19,21)(H,20,22). The Morgan fingerprint density at radius 1 is 1.16 bits per heavy atom. The van der Waals surface area contributed by atoms with E-state index in [1.54, 1.807) is 47.4 Å². The van der Waals surface area contributed by atoms with Crippen molar-refractivity contribution in [1.82, 2.24) is 10.6 Å². The van der Waals surface area contributed by atoms with Crippen LogP contribution in [0.25, 0.3) is 0 Å². The van der Waals surface area contributed by atoms with E-state index in [4.69, 9.17) is 4.74 Å². The Labute approximate surface area is 156 Å². The lowest BCUT2D eigenvalue weighted by Gasteiger charge is -2.08. The van der Waals surface area contributed by atoms with Crippen molar-refractivity contribution in [2.75, 3.05) is 25.4 Å². The Bertz CT molecular complexity index is 657. The van der Waals surface area contributed by atoms with Gasteiger partial charge in [0.2, 0.25) is 5.91 Å². The molecule has 5 nitrogen and oxygen atoms in total. The summed E-state index contributed by atoms with van der Waals surface area (Å²) >= 11 is 3.51. The minimum Gasteiger partial charge on any atom is -0.494 e. The fraction of sp³-hybridized carbons (Fsp3) is 0.333. The number of carbonyl (C=O) groups is 2. The molecular formula is C18H22N2O3S2. The molecule has 0 saturated heterocycles. The van der Waals surface area contributed by atoms with E-state index in [1.807, 2.05) is 13.0 Å². The molecule has 0 fully saturated rings. The van der Waals surface area contributed by atoms with Crippen LogP contribution in [0.2, 0.25) is 0 Å². The van der Waals surface area contributed by atoms with Crippen molar-refractivity contribution in [3.63, 3.8) is 0 Å². The first-order valence-corrected chi connectivity index (χ1v) is 10.1. The maximum Gasteiger partial charge on any atom is 0.251 e. The third kappa shape index (κ3) is 7.19. The molecular weight excluding hydrogens is 356 g/mol. The number of thioether (sulfide) groups is 1. The number of nitrogens with one attached hydrogen (secondary N) is 2. The smallest absolute Gasteiger partial charge is 0.251 e. The van der Waals surface area contributed by atoms with Crippen molar-refractivity contribution in [2.45, 2.75) is 12.7 Å². The second-order valence-electron chi connectivity index (χ2n) is 5.12. The number of carbonyl (C=O) groups excluding carboxylic acids is 2. The molecule has 0 aliphatic rings. The van der Waals surface area contributed by atoms with Crippen LogP contribution in [0.3, 0.4) is 0 Å². The SMILES string of the molecule is CCOc1ccc(C(=O)NCC(=O)NCCSCc2cccs2)cc1. The summed E-state index contributed by atoms with van der Waals surface area (Å²) in [5.74, 6) is 2.07. The van der Waals surface area contributed by atoms with E-state index in [1.165, 1.54) is 4.88 Å². The Morgan fingerprint density at radius 2 is 1.96 bits per heavy atom. The molecule has 134 valence electrons. The van der Waals surface area contributed by atoms with Crippen LogP contribution in [-0.4, -0.2) is 37.3 Å². The maximum atomic E-state index is 12.0. The van der Waals surface area contributed by atoms with Crippen molar-refractivity contribution in [3.05, 3.63) is 52.2 Å². The molecule has 0 unspecified atom stereocenters. The van der Waals surface area contributed by atoms with Gasteiger partial charge < -0.3 is 15.4 Å². The van der Waals surface area contributed by atoms with E-state index in [0.29, 0.717) is 18.7 Å². The zero-order chi connectivity index (χ0) is 17.9. The van der Waals surface area contributed by atoms with Crippen LogP contribution in [0.1, 0.15) is 22.2 Å². The summed E-state index contributed by atoms with van der Waals surface area (Å²) in [4.78, 5) is 25.1. The van der Waals surface area contributed by atoms with E-state index in [-0.39, 0.29) is 18.4 Å². The number of hydrogen-bond donors (Lipinski definition) is 2. The van der Waals surface area contributed by atoms with E-state index in [0.717, 1.165) is 17.3 Å². The van der Waals surface area contributed by atoms with Gasteiger partial charge in [0.15, 0.2) is 0 Å². The monoisotopic (exact) mass is 378 g/mol. The fourth-order valence-corrected chi connectivity index (χ4v) is 3.72. The first kappa shape index (κ1) is 19.3. The van der Waals surface area contributed by atoms with E-state index in [9.17, 15) is 9.59 Å². The summed E-state index contributed by atoms with van der Waals surface area (Å²) in [6.07, 6.45) is 0. The molecule has 1 heterocycles. The number of benzene rings is 1. The largest absolute Gasteiger partial charge is 0.494 e. The molecule has 2 aromatic rings. The van der Waals surface area contributed by atoms with Crippen LogP contribution in [0.5, 0.6) is 5.75 Å². The number of ether oxygens (including phenoxy) is 1. The fourth-order valence-electron chi connectivity index (χ4n) is 2.02. The van der Waals surface area contributed by atoms with E-state index >= 15 is 0 Å². The van der Waals surface area contributed by atoms with Crippen molar-refractivity contribution in [3.8, 4) is 5.75 Å². The molecule has 0 aliphatic heterocycles. The van der Waals surface area contributed by atoms with Gasteiger partial charge in [-0.15, -0.1) is 11.3 Å². The molecule has 2 N–H and O–H groups in total. The second-order valence-corrected chi connectivity index (χ2v) is 7.26. The summed E-state index contributed by atoms with van der Waals surface area (Å²) in [5, 5.41) is 7.48. The average molecular weight is 379 g/mol. The predicted octanol–water partition coefficient (Wildman–Crippen LogP) is 2.93. The van der Waals surface area contributed by atoms with Crippen molar-refractivity contribution >= 4 is 34.9 Å². The molecule has 0 saturated carbocycles. The molecule has 0 spiro atoms. The second kappa shape index (κ2) is 10.8. The van der Waals surface area contributed by atoms with Gasteiger partial charge in [-0.05, 0) is 42.6 Å². The molecule has 2 rings (SSSR count).